The molecular weight excluding hydrogens is 290 g/mol. The van der Waals surface area contributed by atoms with E-state index in [-0.39, 0.29) is 11.6 Å². The molecule has 1 aromatic carbocycles. The van der Waals surface area contributed by atoms with Crippen molar-refractivity contribution >= 4 is 17.3 Å². The first-order valence-corrected chi connectivity index (χ1v) is 7.22. The van der Waals surface area contributed by atoms with Gasteiger partial charge in [0.05, 0.1) is 21.5 Å². The monoisotopic (exact) mass is 307 g/mol. The highest BCUT2D eigenvalue weighted by atomic mass is 16.6. The summed E-state index contributed by atoms with van der Waals surface area (Å²) in [7, 11) is 0. The van der Waals surface area contributed by atoms with Crippen molar-refractivity contribution in [1.82, 2.24) is 5.32 Å². The lowest BCUT2D eigenvalue weighted by molar-refractivity contribution is -0.394. The Balaban J connectivity index is 2.20. The molecule has 22 heavy (non-hydrogen) atoms. The minimum Gasteiger partial charge on any atom is -0.349 e. The minimum absolute atomic E-state index is 0.0216. The highest BCUT2D eigenvalue weighted by Gasteiger charge is 2.22. The van der Waals surface area contributed by atoms with Gasteiger partial charge in [-0.25, -0.2) is 0 Å². The third-order valence-electron chi connectivity index (χ3n) is 3.78. The van der Waals surface area contributed by atoms with Crippen LogP contribution in [-0.2, 0) is 0 Å². The van der Waals surface area contributed by atoms with Gasteiger partial charge in [0.1, 0.15) is 0 Å². The second-order valence-corrected chi connectivity index (χ2v) is 5.41. The van der Waals surface area contributed by atoms with Gasteiger partial charge in [-0.15, -0.1) is 0 Å². The van der Waals surface area contributed by atoms with Crippen molar-refractivity contribution in [2.24, 2.45) is 0 Å². The summed E-state index contributed by atoms with van der Waals surface area (Å²) >= 11 is 0. The van der Waals surface area contributed by atoms with Crippen LogP contribution < -0.4 is 5.32 Å². The van der Waals surface area contributed by atoms with E-state index in [1.165, 1.54) is 0 Å². The molecule has 2 rings (SSSR count). The Morgan fingerprint density at radius 2 is 1.45 bits per heavy atom. The highest BCUT2D eigenvalue weighted by molar-refractivity contribution is 5.95. The molecule has 1 fully saturated rings. The molecule has 1 aliphatic rings. The molecule has 1 aromatic rings. The second kappa shape index (κ2) is 6.97. The molecule has 0 heterocycles. The van der Waals surface area contributed by atoms with Gasteiger partial charge in [0.15, 0.2) is 0 Å². The molecule has 0 spiro atoms. The van der Waals surface area contributed by atoms with Crippen LogP contribution in [0.15, 0.2) is 18.2 Å². The molecule has 8 nitrogen and oxygen atoms in total. The predicted molar refractivity (Wildman–Crippen MR) is 78.7 cm³/mol. The second-order valence-electron chi connectivity index (χ2n) is 5.41. The number of nitrogens with one attached hydrogen (secondary N) is 1. The molecule has 0 radical (unpaired) electrons. The average molecular weight is 307 g/mol. The molecule has 0 atom stereocenters. The van der Waals surface area contributed by atoms with Gasteiger partial charge in [-0.2, -0.15) is 0 Å². The van der Waals surface area contributed by atoms with Crippen LogP contribution in [-0.4, -0.2) is 21.8 Å². The summed E-state index contributed by atoms with van der Waals surface area (Å²) < 4.78 is 0. The van der Waals surface area contributed by atoms with Gasteiger partial charge in [0.25, 0.3) is 17.3 Å². The van der Waals surface area contributed by atoms with Gasteiger partial charge in [-0.1, -0.05) is 25.7 Å². The number of non-ortho nitro benzene ring substituents is 2. The number of benzene rings is 1. The number of nitro benzene ring substituents is 2. The van der Waals surface area contributed by atoms with E-state index in [0.717, 1.165) is 56.7 Å². The number of carbonyl (C=O) groups is 1. The largest absolute Gasteiger partial charge is 0.349 e. The third kappa shape index (κ3) is 4.00. The summed E-state index contributed by atoms with van der Waals surface area (Å²) in [6.07, 6.45) is 6.05. The normalized spacial score (nSPS) is 15.8. The maximum absolute atomic E-state index is 12.2. The van der Waals surface area contributed by atoms with E-state index in [1.807, 2.05) is 0 Å². The van der Waals surface area contributed by atoms with Crippen molar-refractivity contribution in [3.8, 4) is 0 Å². The van der Waals surface area contributed by atoms with Crippen molar-refractivity contribution in [2.45, 2.75) is 44.6 Å². The molecule has 1 saturated carbocycles. The van der Waals surface area contributed by atoms with Crippen LogP contribution in [0, 0.1) is 20.2 Å². The van der Waals surface area contributed by atoms with E-state index < -0.39 is 27.1 Å². The molecule has 118 valence electrons. The fourth-order valence-electron chi connectivity index (χ4n) is 2.63. The lowest BCUT2D eigenvalue weighted by Gasteiger charge is -2.16. The van der Waals surface area contributed by atoms with Crippen molar-refractivity contribution in [2.75, 3.05) is 0 Å². The van der Waals surface area contributed by atoms with Crippen molar-refractivity contribution in [1.29, 1.82) is 0 Å². The lowest BCUT2D eigenvalue weighted by Crippen LogP contribution is -2.34. The number of nitro groups is 2. The Morgan fingerprint density at radius 3 is 1.91 bits per heavy atom. The first-order valence-electron chi connectivity index (χ1n) is 7.22. The minimum atomic E-state index is -0.741. The van der Waals surface area contributed by atoms with Crippen molar-refractivity contribution in [3.05, 3.63) is 44.0 Å². The molecule has 0 bridgehead atoms. The Kier molecular flexibility index (Phi) is 5.03. The zero-order chi connectivity index (χ0) is 16.1. The highest BCUT2D eigenvalue weighted by Crippen LogP contribution is 2.23. The van der Waals surface area contributed by atoms with Gasteiger partial charge in [0.2, 0.25) is 0 Å². The first-order chi connectivity index (χ1) is 10.5. The molecule has 0 aromatic heterocycles. The first kappa shape index (κ1) is 15.9. The molecule has 1 aliphatic carbocycles. The molecule has 0 aliphatic heterocycles. The fourth-order valence-corrected chi connectivity index (χ4v) is 2.63. The van der Waals surface area contributed by atoms with Gasteiger partial charge < -0.3 is 5.32 Å². The summed E-state index contributed by atoms with van der Waals surface area (Å²) in [5.41, 5.74) is -0.967. The van der Waals surface area contributed by atoms with E-state index in [4.69, 9.17) is 0 Å². The molecule has 0 unspecified atom stereocenters. The lowest BCUT2D eigenvalue weighted by atomic mass is 10.1. The van der Waals surface area contributed by atoms with Crippen LogP contribution in [0.5, 0.6) is 0 Å². The van der Waals surface area contributed by atoms with Crippen LogP contribution >= 0.6 is 0 Å². The van der Waals surface area contributed by atoms with Crippen LogP contribution in [0.3, 0.4) is 0 Å². The average Bonchev–Trinajstić information content (AvgIpc) is 2.75. The van der Waals surface area contributed by atoms with Crippen LogP contribution in [0.1, 0.15) is 48.9 Å². The number of amides is 1. The SMILES string of the molecule is O=C(NC1CCCCCC1)c1cc([N+](=O)[O-])cc([N+](=O)[O-])c1. The van der Waals surface area contributed by atoms with Crippen molar-refractivity contribution < 1.29 is 14.6 Å². The van der Waals surface area contributed by atoms with Gasteiger partial charge in [-0.05, 0) is 12.8 Å². The third-order valence-corrected chi connectivity index (χ3v) is 3.78. The Bertz CT molecular complexity index is 562. The fraction of sp³-hybridized carbons (Fsp3) is 0.500. The van der Waals surface area contributed by atoms with Crippen LogP contribution in [0.4, 0.5) is 11.4 Å². The van der Waals surface area contributed by atoms with Crippen molar-refractivity contribution in [3.63, 3.8) is 0 Å². The maximum Gasteiger partial charge on any atom is 0.277 e. The Morgan fingerprint density at radius 1 is 0.955 bits per heavy atom. The quantitative estimate of drug-likeness (QED) is 0.521. The number of hydrogen-bond donors (Lipinski definition) is 1. The van der Waals surface area contributed by atoms with E-state index >= 15 is 0 Å². The number of rotatable bonds is 4. The van der Waals surface area contributed by atoms with Crippen LogP contribution in [0.2, 0.25) is 0 Å². The molecule has 0 saturated heterocycles. The topological polar surface area (TPSA) is 115 Å². The number of nitrogens with zero attached hydrogens (tertiary/aromatic N) is 2. The molecular formula is C14H17N3O5. The van der Waals surface area contributed by atoms with E-state index in [1.54, 1.807) is 0 Å². The smallest absolute Gasteiger partial charge is 0.277 e. The molecule has 8 heteroatoms. The molecule has 1 N–H and O–H groups in total. The van der Waals surface area contributed by atoms with E-state index in [0.29, 0.717) is 0 Å². The van der Waals surface area contributed by atoms with E-state index in [2.05, 4.69) is 5.32 Å². The maximum atomic E-state index is 12.2. The van der Waals surface area contributed by atoms with Gasteiger partial charge in [0, 0.05) is 18.2 Å². The number of hydrogen-bond acceptors (Lipinski definition) is 5. The summed E-state index contributed by atoms with van der Waals surface area (Å²) in [6.45, 7) is 0. The zero-order valence-corrected chi connectivity index (χ0v) is 12.0. The van der Waals surface area contributed by atoms with Gasteiger partial charge in [-0.3, -0.25) is 25.0 Å². The Labute approximate surface area is 126 Å². The van der Waals surface area contributed by atoms with Gasteiger partial charge >= 0.3 is 0 Å². The standard InChI is InChI=1S/C14H17N3O5/c18-14(15-11-5-3-1-2-4-6-11)10-7-12(16(19)20)9-13(8-10)17(21)22/h7-9,11H,1-6H2,(H,15,18). The summed E-state index contributed by atoms with van der Waals surface area (Å²) in [6, 6.07) is 3.01. The van der Waals surface area contributed by atoms with E-state index in [9.17, 15) is 25.0 Å². The zero-order valence-electron chi connectivity index (χ0n) is 12.0. The summed E-state index contributed by atoms with van der Waals surface area (Å²) in [5.74, 6) is -0.501. The molecule has 1 amide bonds. The Hall–Kier alpha value is -2.51. The number of carbonyl (C=O) groups excluding carboxylic acids is 1. The van der Waals surface area contributed by atoms with Crippen LogP contribution in [0.25, 0.3) is 0 Å². The summed E-state index contributed by atoms with van der Waals surface area (Å²) in [4.78, 5) is 32.4. The predicted octanol–water partition coefficient (Wildman–Crippen LogP) is 2.96. The summed E-state index contributed by atoms with van der Waals surface area (Å²) in [5, 5.41) is 24.5.